The molecule has 6 heteroatoms. The summed E-state index contributed by atoms with van der Waals surface area (Å²) in [4.78, 5) is 4.85. The second-order valence-electron chi connectivity index (χ2n) is 6.88. The molecule has 0 N–H and O–H groups in total. The van der Waals surface area contributed by atoms with Crippen molar-refractivity contribution >= 4 is 16.5 Å². The molecule has 140 valence electrons. The van der Waals surface area contributed by atoms with Crippen LogP contribution >= 0.6 is 11.3 Å². The molecule has 1 aliphatic heterocycles. The zero-order valence-electron chi connectivity index (χ0n) is 15.2. The molecule has 0 atom stereocenters. The molecule has 0 amide bonds. The van der Waals surface area contributed by atoms with Crippen molar-refractivity contribution < 1.29 is 4.39 Å². The minimum absolute atomic E-state index is 0.207. The van der Waals surface area contributed by atoms with E-state index in [4.69, 9.17) is 0 Å². The Morgan fingerprint density at radius 3 is 2.48 bits per heavy atom. The van der Waals surface area contributed by atoms with Gasteiger partial charge in [0.25, 0.3) is 0 Å². The van der Waals surface area contributed by atoms with Crippen LogP contribution < -0.4 is 4.90 Å². The number of anilines is 1. The van der Waals surface area contributed by atoms with Crippen molar-refractivity contribution in [2.24, 2.45) is 0 Å². The topological polar surface area (TPSA) is 32.3 Å². The van der Waals surface area contributed by atoms with Crippen molar-refractivity contribution in [1.29, 1.82) is 0 Å². The number of rotatable bonds is 5. The van der Waals surface area contributed by atoms with Crippen LogP contribution in [0.3, 0.4) is 0 Å². The fourth-order valence-electron chi connectivity index (χ4n) is 3.38. The molecule has 4 nitrogen and oxygen atoms in total. The van der Waals surface area contributed by atoms with E-state index < -0.39 is 0 Å². The van der Waals surface area contributed by atoms with Gasteiger partial charge in [-0.15, -0.1) is 10.2 Å². The molecular formula is C21H23FN4S. The Kier molecular flexibility index (Phi) is 5.75. The number of hydrogen-bond acceptors (Lipinski definition) is 5. The van der Waals surface area contributed by atoms with Gasteiger partial charge in [-0.3, -0.25) is 4.90 Å². The molecule has 1 aromatic heterocycles. The smallest absolute Gasteiger partial charge is 0.208 e. The molecule has 1 saturated heterocycles. The molecule has 1 aliphatic rings. The van der Waals surface area contributed by atoms with Gasteiger partial charge in [-0.1, -0.05) is 53.8 Å². The monoisotopic (exact) mass is 382 g/mol. The lowest BCUT2D eigenvalue weighted by molar-refractivity contribution is 0.285. The number of benzene rings is 2. The molecule has 4 rings (SSSR count). The van der Waals surface area contributed by atoms with Crippen LogP contribution in [0.5, 0.6) is 0 Å². The molecule has 0 bridgehead atoms. The zero-order valence-corrected chi connectivity index (χ0v) is 16.0. The molecule has 0 unspecified atom stereocenters. The van der Waals surface area contributed by atoms with Gasteiger partial charge in [0.1, 0.15) is 10.8 Å². The van der Waals surface area contributed by atoms with Crippen LogP contribution in [0.4, 0.5) is 9.52 Å². The van der Waals surface area contributed by atoms with Gasteiger partial charge < -0.3 is 4.90 Å². The summed E-state index contributed by atoms with van der Waals surface area (Å²) in [6, 6.07) is 17.2. The Morgan fingerprint density at radius 1 is 0.852 bits per heavy atom. The Morgan fingerprint density at radius 2 is 1.67 bits per heavy atom. The minimum atomic E-state index is -0.207. The Labute approximate surface area is 163 Å². The lowest BCUT2D eigenvalue weighted by Crippen LogP contribution is -2.30. The van der Waals surface area contributed by atoms with Crippen LogP contribution in [0.15, 0.2) is 54.6 Å². The second-order valence-corrected chi connectivity index (χ2v) is 7.92. The molecule has 0 aliphatic carbocycles. The first-order valence-corrected chi connectivity index (χ1v) is 10.2. The highest BCUT2D eigenvalue weighted by atomic mass is 32.1. The highest BCUT2D eigenvalue weighted by Crippen LogP contribution is 2.24. The van der Waals surface area contributed by atoms with Crippen molar-refractivity contribution in [3.8, 4) is 0 Å². The predicted molar refractivity (Wildman–Crippen MR) is 108 cm³/mol. The SMILES string of the molecule is Fc1ccc(Cc2nnc(N3CCCN(Cc4ccccc4)CC3)s2)cc1. The fourth-order valence-corrected chi connectivity index (χ4v) is 4.31. The van der Waals surface area contributed by atoms with E-state index in [2.05, 4.69) is 50.3 Å². The summed E-state index contributed by atoms with van der Waals surface area (Å²) in [6.45, 7) is 5.11. The largest absolute Gasteiger partial charge is 0.345 e. The summed E-state index contributed by atoms with van der Waals surface area (Å²) >= 11 is 1.64. The summed E-state index contributed by atoms with van der Waals surface area (Å²) in [5.74, 6) is -0.207. The maximum Gasteiger partial charge on any atom is 0.208 e. The van der Waals surface area contributed by atoms with E-state index in [1.165, 1.54) is 17.7 Å². The Hall–Kier alpha value is -2.31. The first-order valence-electron chi connectivity index (χ1n) is 9.34. The number of nitrogens with zero attached hydrogens (tertiary/aromatic N) is 4. The quantitative estimate of drug-likeness (QED) is 0.668. The van der Waals surface area contributed by atoms with Crippen LogP contribution in [0.1, 0.15) is 22.6 Å². The molecule has 3 aromatic rings. The summed E-state index contributed by atoms with van der Waals surface area (Å²) in [5, 5.41) is 10.7. The predicted octanol–water partition coefficient (Wildman–Crippen LogP) is 3.98. The third-order valence-corrected chi connectivity index (χ3v) is 5.82. The van der Waals surface area contributed by atoms with Crippen molar-refractivity contribution in [2.75, 3.05) is 31.1 Å². The maximum absolute atomic E-state index is 13.0. The van der Waals surface area contributed by atoms with E-state index in [-0.39, 0.29) is 5.82 Å². The average molecular weight is 383 g/mol. The first-order chi connectivity index (χ1) is 13.3. The van der Waals surface area contributed by atoms with Gasteiger partial charge in [0.2, 0.25) is 5.13 Å². The summed E-state index contributed by atoms with van der Waals surface area (Å²) < 4.78 is 13.0. The van der Waals surface area contributed by atoms with E-state index in [1.807, 2.05) is 12.1 Å². The van der Waals surface area contributed by atoms with Gasteiger partial charge in [-0.2, -0.15) is 0 Å². The number of hydrogen-bond donors (Lipinski definition) is 0. The Bertz CT molecular complexity index is 850. The fraction of sp³-hybridized carbons (Fsp3) is 0.333. The molecule has 27 heavy (non-hydrogen) atoms. The molecular weight excluding hydrogens is 359 g/mol. The van der Waals surface area contributed by atoms with E-state index >= 15 is 0 Å². The standard InChI is InChI=1S/C21H23FN4S/c22-19-9-7-17(8-10-19)15-20-23-24-21(27-20)26-12-4-11-25(13-14-26)16-18-5-2-1-3-6-18/h1-3,5-10H,4,11-16H2. The van der Waals surface area contributed by atoms with E-state index in [1.54, 1.807) is 11.3 Å². The van der Waals surface area contributed by atoms with Gasteiger partial charge in [-0.25, -0.2) is 4.39 Å². The van der Waals surface area contributed by atoms with E-state index in [0.717, 1.165) is 54.8 Å². The third-order valence-electron chi connectivity index (χ3n) is 4.83. The van der Waals surface area contributed by atoms with Gasteiger partial charge in [0.15, 0.2) is 0 Å². The van der Waals surface area contributed by atoms with Crippen LogP contribution in [-0.4, -0.2) is 41.3 Å². The van der Waals surface area contributed by atoms with Gasteiger partial charge in [0.05, 0.1) is 0 Å². The molecule has 2 heterocycles. The molecule has 0 spiro atoms. The van der Waals surface area contributed by atoms with E-state index in [9.17, 15) is 4.39 Å². The third kappa shape index (κ3) is 4.90. The molecule has 0 radical (unpaired) electrons. The maximum atomic E-state index is 13.0. The van der Waals surface area contributed by atoms with Gasteiger partial charge >= 0.3 is 0 Å². The highest BCUT2D eigenvalue weighted by molar-refractivity contribution is 7.15. The summed E-state index contributed by atoms with van der Waals surface area (Å²) in [6.07, 6.45) is 1.83. The minimum Gasteiger partial charge on any atom is -0.345 e. The molecule has 2 aromatic carbocycles. The van der Waals surface area contributed by atoms with Crippen LogP contribution in [0, 0.1) is 5.82 Å². The number of aromatic nitrogens is 2. The lowest BCUT2D eigenvalue weighted by Gasteiger charge is -2.21. The van der Waals surface area contributed by atoms with Crippen LogP contribution in [-0.2, 0) is 13.0 Å². The molecule has 0 saturated carbocycles. The molecule has 1 fully saturated rings. The van der Waals surface area contributed by atoms with Crippen LogP contribution in [0.2, 0.25) is 0 Å². The van der Waals surface area contributed by atoms with Crippen molar-refractivity contribution in [3.63, 3.8) is 0 Å². The second kappa shape index (κ2) is 8.59. The first kappa shape index (κ1) is 18.1. The summed E-state index contributed by atoms with van der Waals surface area (Å²) in [7, 11) is 0. The lowest BCUT2D eigenvalue weighted by atomic mass is 10.2. The zero-order chi connectivity index (χ0) is 18.5. The van der Waals surface area contributed by atoms with Gasteiger partial charge in [-0.05, 0) is 29.7 Å². The summed E-state index contributed by atoms with van der Waals surface area (Å²) in [5.41, 5.74) is 2.42. The van der Waals surface area contributed by atoms with Crippen molar-refractivity contribution in [3.05, 3.63) is 76.5 Å². The van der Waals surface area contributed by atoms with E-state index in [0.29, 0.717) is 6.42 Å². The Balaban J connectivity index is 1.35. The van der Waals surface area contributed by atoms with Crippen molar-refractivity contribution in [1.82, 2.24) is 15.1 Å². The highest BCUT2D eigenvalue weighted by Gasteiger charge is 2.18. The van der Waals surface area contributed by atoms with Crippen molar-refractivity contribution in [2.45, 2.75) is 19.4 Å². The van der Waals surface area contributed by atoms with Crippen LogP contribution in [0.25, 0.3) is 0 Å². The normalized spacial score (nSPS) is 15.7. The number of halogens is 1. The average Bonchev–Trinajstić information content (AvgIpc) is 3.03. The van der Waals surface area contributed by atoms with Gasteiger partial charge in [0, 0.05) is 39.1 Å².